The Hall–Kier alpha value is -1.01. The number of carbonyl (C=O) groups is 1. The van der Waals surface area contributed by atoms with Gasteiger partial charge in [-0.05, 0) is 12.1 Å². The topological polar surface area (TPSA) is 71.4 Å². The van der Waals surface area contributed by atoms with Crippen LogP contribution in [0.5, 0.6) is 0 Å². The molecule has 4 nitrogen and oxygen atoms in total. The lowest BCUT2D eigenvalue weighted by Gasteiger charge is -2.03. The minimum absolute atomic E-state index is 0.0328. The van der Waals surface area contributed by atoms with Gasteiger partial charge in [-0.1, -0.05) is 18.2 Å². The van der Waals surface area contributed by atoms with E-state index < -0.39 is 15.8 Å². The van der Waals surface area contributed by atoms with Gasteiger partial charge in [-0.15, -0.1) is 11.8 Å². The fraction of sp³-hybridized carbons (Fsp3) is 0.300. The Morgan fingerprint density at radius 1 is 1.25 bits per heavy atom. The molecule has 0 aliphatic carbocycles. The minimum Gasteiger partial charge on any atom is -0.481 e. The van der Waals surface area contributed by atoms with Crippen molar-refractivity contribution in [1.29, 1.82) is 0 Å². The molecule has 6 heteroatoms. The highest BCUT2D eigenvalue weighted by molar-refractivity contribution is 8.01. The van der Waals surface area contributed by atoms with Crippen LogP contribution in [0.15, 0.2) is 35.2 Å². The van der Waals surface area contributed by atoms with E-state index in [2.05, 4.69) is 0 Å². The van der Waals surface area contributed by atoms with Crippen molar-refractivity contribution in [2.24, 2.45) is 0 Å². The molecule has 0 radical (unpaired) electrons. The summed E-state index contributed by atoms with van der Waals surface area (Å²) in [5.74, 6) is -0.731. The third-order valence-corrected chi connectivity index (χ3v) is 4.76. The molecule has 0 bridgehead atoms. The molecule has 0 aliphatic heterocycles. The Kier molecular flexibility index (Phi) is 4.82. The summed E-state index contributed by atoms with van der Waals surface area (Å²) >= 11 is 1.10. The SMILES string of the molecule is O=C(O)CSCCS(=O)(=O)c1ccccc1. The lowest BCUT2D eigenvalue weighted by atomic mass is 10.4. The number of aliphatic carboxylic acids is 1. The Morgan fingerprint density at radius 2 is 1.88 bits per heavy atom. The van der Waals surface area contributed by atoms with Crippen LogP contribution in [-0.2, 0) is 14.6 Å². The summed E-state index contributed by atoms with van der Waals surface area (Å²) < 4.78 is 23.4. The van der Waals surface area contributed by atoms with Crippen LogP contribution in [0.2, 0.25) is 0 Å². The van der Waals surface area contributed by atoms with E-state index in [0.717, 1.165) is 11.8 Å². The van der Waals surface area contributed by atoms with Gasteiger partial charge < -0.3 is 5.11 Å². The number of rotatable bonds is 6. The maximum absolute atomic E-state index is 11.7. The van der Waals surface area contributed by atoms with Gasteiger partial charge in [0.1, 0.15) is 0 Å². The van der Waals surface area contributed by atoms with Gasteiger partial charge in [0, 0.05) is 5.75 Å². The summed E-state index contributed by atoms with van der Waals surface area (Å²) in [5, 5.41) is 8.39. The standard InChI is InChI=1S/C10H12O4S2/c11-10(12)8-15-6-7-16(13,14)9-4-2-1-3-5-9/h1-5H,6-8H2,(H,11,12). The van der Waals surface area contributed by atoms with Crippen LogP contribution in [0.4, 0.5) is 0 Å². The molecule has 88 valence electrons. The highest BCUT2D eigenvalue weighted by atomic mass is 32.2. The molecule has 0 unspecified atom stereocenters. The van der Waals surface area contributed by atoms with E-state index in [4.69, 9.17) is 5.11 Å². The van der Waals surface area contributed by atoms with Gasteiger partial charge in [0.05, 0.1) is 16.4 Å². The Balaban J connectivity index is 2.51. The highest BCUT2D eigenvalue weighted by Crippen LogP contribution is 2.12. The molecule has 0 amide bonds. The Morgan fingerprint density at radius 3 is 2.44 bits per heavy atom. The first kappa shape index (κ1) is 13.1. The molecule has 1 aromatic rings. The molecular formula is C10H12O4S2. The van der Waals surface area contributed by atoms with Gasteiger partial charge >= 0.3 is 5.97 Å². The Bertz CT molecular complexity index is 439. The number of benzene rings is 1. The van der Waals surface area contributed by atoms with Gasteiger partial charge in [-0.25, -0.2) is 8.42 Å². The summed E-state index contributed by atoms with van der Waals surface area (Å²) in [7, 11) is -3.27. The smallest absolute Gasteiger partial charge is 0.313 e. The summed E-state index contributed by atoms with van der Waals surface area (Å²) in [5.41, 5.74) is 0. The van der Waals surface area contributed by atoms with E-state index >= 15 is 0 Å². The summed E-state index contributed by atoms with van der Waals surface area (Å²) in [6.45, 7) is 0. The first-order valence-corrected chi connectivity index (χ1v) is 7.40. The van der Waals surface area contributed by atoms with E-state index in [-0.39, 0.29) is 16.4 Å². The van der Waals surface area contributed by atoms with Gasteiger partial charge in [0.25, 0.3) is 0 Å². The summed E-state index contributed by atoms with van der Waals surface area (Å²) in [4.78, 5) is 10.5. The molecule has 16 heavy (non-hydrogen) atoms. The van der Waals surface area contributed by atoms with Crippen molar-refractivity contribution in [3.05, 3.63) is 30.3 Å². The zero-order valence-corrected chi connectivity index (χ0v) is 10.1. The Labute approximate surface area is 98.6 Å². The highest BCUT2D eigenvalue weighted by Gasteiger charge is 2.13. The molecule has 0 atom stereocenters. The monoisotopic (exact) mass is 260 g/mol. The number of hydrogen-bond donors (Lipinski definition) is 1. The largest absolute Gasteiger partial charge is 0.481 e. The summed E-state index contributed by atoms with van der Waals surface area (Å²) in [6, 6.07) is 8.15. The number of thioether (sulfide) groups is 1. The molecular weight excluding hydrogens is 248 g/mol. The molecule has 0 saturated carbocycles. The molecule has 0 aromatic heterocycles. The second kappa shape index (κ2) is 5.91. The van der Waals surface area contributed by atoms with Crippen molar-refractivity contribution in [1.82, 2.24) is 0 Å². The zero-order chi connectivity index (χ0) is 12.0. The van der Waals surface area contributed by atoms with Crippen LogP contribution in [0.3, 0.4) is 0 Å². The van der Waals surface area contributed by atoms with E-state index in [1.807, 2.05) is 0 Å². The quantitative estimate of drug-likeness (QED) is 0.780. The molecule has 0 heterocycles. The number of carboxylic acids is 1. The fourth-order valence-electron chi connectivity index (χ4n) is 1.07. The molecule has 1 rings (SSSR count). The molecule has 0 saturated heterocycles. The van der Waals surface area contributed by atoms with Crippen LogP contribution < -0.4 is 0 Å². The maximum atomic E-state index is 11.7. The van der Waals surface area contributed by atoms with Crippen LogP contribution in [0.25, 0.3) is 0 Å². The molecule has 0 fully saturated rings. The van der Waals surface area contributed by atoms with Crippen LogP contribution >= 0.6 is 11.8 Å². The van der Waals surface area contributed by atoms with E-state index in [1.54, 1.807) is 18.2 Å². The average molecular weight is 260 g/mol. The molecule has 0 spiro atoms. The van der Waals surface area contributed by atoms with E-state index in [1.165, 1.54) is 12.1 Å². The third-order valence-electron chi connectivity index (χ3n) is 1.82. The number of hydrogen-bond acceptors (Lipinski definition) is 4. The van der Waals surface area contributed by atoms with Crippen LogP contribution in [0, 0.1) is 0 Å². The first-order chi connectivity index (χ1) is 7.52. The van der Waals surface area contributed by atoms with E-state index in [0.29, 0.717) is 5.75 Å². The molecule has 0 aliphatic rings. The van der Waals surface area contributed by atoms with Crippen molar-refractivity contribution in [3.63, 3.8) is 0 Å². The predicted molar refractivity (Wildman–Crippen MR) is 63.5 cm³/mol. The lowest BCUT2D eigenvalue weighted by Crippen LogP contribution is -2.10. The fourth-order valence-corrected chi connectivity index (χ4v) is 3.55. The van der Waals surface area contributed by atoms with Crippen LogP contribution in [0.1, 0.15) is 0 Å². The summed E-state index contributed by atoms with van der Waals surface area (Å²) in [6.07, 6.45) is 0. The number of sulfone groups is 1. The molecule has 1 N–H and O–H groups in total. The first-order valence-electron chi connectivity index (χ1n) is 4.60. The van der Waals surface area contributed by atoms with Crippen molar-refractivity contribution in [2.75, 3.05) is 17.3 Å². The van der Waals surface area contributed by atoms with Gasteiger partial charge in [-0.2, -0.15) is 0 Å². The van der Waals surface area contributed by atoms with Gasteiger partial charge in [0.15, 0.2) is 9.84 Å². The predicted octanol–water partition coefficient (Wildman–Crippen LogP) is 1.28. The average Bonchev–Trinajstić information content (AvgIpc) is 2.26. The second-order valence-corrected chi connectivity index (χ2v) is 6.29. The number of carboxylic acid groups (broad SMARTS) is 1. The van der Waals surface area contributed by atoms with Gasteiger partial charge in [0.2, 0.25) is 0 Å². The zero-order valence-electron chi connectivity index (χ0n) is 8.50. The molecule has 1 aromatic carbocycles. The van der Waals surface area contributed by atoms with Gasteiger partial charge in [-0.3, -0.25) is 4.79 Å². The third kappa shape index (κ3) is 4.24. The normalized spacial score (nSPS) is 11.2. The maximum Gasteiger partial charge on any atom is 0.313 e. The lowest BCUT2D eigenvalue weighted by molar-refractivity contribution is -0.133. The van der Waals surface area contributed by atoms with Crippen molar-refractivity contribution in [2.45, 2.75) is 4.90 Å². The minimum atomic E-state index is -3.27. The van der Waals surface area contributed by atoms with E-state index in [9.17, 15) is 13.2 Å². The second-order valence-electron chi connectivity index (χ2n) is 3.08. The van der Waals surface area contributed by atoms with Crippen molar-refractivity contribution in [3.8, 4) is 0 Å². The van der Waals surface area contributed by atoms with Crippen molar-refractivity contribution < 1.29 is 18.3 Å². The van der Waals surface area contributed by atoms with Crippen molar-refractivity contribution >= 4 is 27.6 Å². The van der Waals surface area contributed by atoms with Crippen LogP contribution in [-0.4, -0.2) is 36.8 Å².